The van der Waals surface area contributed by atoms with Crippen LogP contribution < -0.4 is 10.7 Å². The molecule has 8 nitrogen and oxygen atoms in total. The van der Waals surface area contributed by atoms with Gasteiger partial charge in [0, 0.05) is 16.8 Å². The smallest absolute Gasteiger partial charge is 0.253 e. The number of carbonyl (C=O) groups is 1. The Labute approximate surface area is 224 Å². The number of para-hydroxylation sites is 1. The largest absolute Gasteiger partial charge is 0.508 e. The van der Waals surface area contributed by atoms with Crippen LogP contribution in [0, 0.1) is 0 Å². The third-order valence-corrected chi connectivity index (χ3v) is 6.92. The number of hydrazone groups is 1. The summed E-state index contributed by atoms with van der Waals surface area (Å²) >= 11 is 1.31. The first-order valence-corrected chi connectivity index (χ1v) is 13.0. The zero-order chi connectivity index (χ0) is 26.3. The predicted octanol–water partition coefficient (Wildman–Crippen LogP) is 5.37. The third kappa shape index (κ3) is 5.84. The Kier molecular flexibility index (Phi) is 7.65. The molecule has 9 heteroatoms. The molecule has 0 radical (unpaired) electrons. The van der Waals surface area contributed by atoms with Gasteiger partial charge in [-0.25, -0.2) is 5.43 Å². The Morgan fingerprint density at radius 2 is 1.71 bits per heavy atom. The molecule has 0 saturated carbocycles. The Hall–Kier alpha value is -4.63. The van der Waals surface area contributed by atoms with Gasteiger partial charge in [0.15, 0.2) is 11.0 Å². The van der Waals surface area contributed by atoms with Gasteiger partial charge < -0.3 is 10.4 Å². The summed E-state index contributed by atoms with van der Waals surface area (Å²) in [5.41, 5.74) is 5.26. The number of rotatable bonds is 9. The van der Waals surface area contributed by atoms with Gasteiger partial charge in [-0.2, -0.15) is 5.10 Å². The molecule has 0 aliphatic heterocycles. The Balaban J connectivity index is 1.32. The van der Waals surface area contributed by atoms with E-state index in [2.05, 4.69) is 44.2 Å². The van der Waals surface area contributed by atoms with Crippen LogP contribution in [-0.4, -0.2) is 37.2 Å². The normalized spacial score (nSPS) is 12.0. The van der Waals surface area contributed by atoms with Gasteiger partial charge in [-0.05, 0) is 60.3 Å². The number of nitrogens with one attached hydrogen (secondary N) is 2. The molecule has 0 aliphatic rings. The fourth-order valence-corrected chi connectivity index (χ4v) is 4.79. The minimum Gasteiger partial charge on any atom is -0.508 e. The van der Waals surface area contributed by atoms with Gasteiger partial charge in [0.1, 0.15) is 5.75 Å². The molecule has 38 heavy (non-hydrogen) atoms. The molecule has 5 aromatic rings. The fraction of sp³-hybridized carbons (Fsp3) is 0.103. The average Bonchev–Trinajstić information content (AvgIpc) is 3.35. The first kappa shape index (κ1) is 25.0. The maximum absolute atomic E-state index is 12.7. The third-order valence-electron chi connectivity index (χ3n) is 5.87. The minimum atomic E-state index is -0.475. The van der Waals surface area contributed by atoms with Gasteiger partial charge in [0.2, 0.25) is 0 Å². The summed E-state index contributed by atoms with van der Waals surface area (Å²) < 4.78 is 1.96. The van der Waals surface area contributed by atoms with Crippen molar-refractivity contribution in [3.8, 4) is 11.4 Å². The highest BCUT2D eigenvalue weighted by Gasteiger charge is 2.21. The standard InChI is InChI=1S/C29H26N6O2S/c1-20(28(37)33-31-18-21-14-16-24(36)17-15-21)38-29-34-32-27(35(29)23-10-3-2-4-11-23)19-30-26-13-7-9-22-8-5-6-12-25(22)26/h2-18,20,30,36H,19H2,1H3,(H,33,37)/b31-18-/t20-/m1/s1. The maximum Gasteiger partial charge on any atom is 0.253 e. The van der Waals surface area contributed by atoms with Crippen LogP contribution in [0.4, 0.5) is 5.69 Å². The molecule has 1 aromatic heterocycles. The quantitative estimate of drug-likeness (QED) is 0.137. The molecular formula is C29H26N6O2S. The van der Waals surface area contributed by atoms with Crippen molar-refractivity contribution in [3.63, 3.8) is 0 Å². The van der Waals surface area contributed by atoms with E-state index in [4.69, 9.17) is 0 Å². The predicted molar refractivity (Wildman–Crippen MR) is 152 cm³/mol. The highest BCUT2D eigenvalue weighted by molar-refractivity contribution is 8.00. The number of hydrogen-bond donors (Lipinski definition) is 3. The number of carbonyl (C=O) groups excluding carboxylic acids is 1. The summed E-state index contributed by atoms with van der Waals surface area (Å²) in [4.78, 5) is 12.7. The Bertz CT molecular complexity index is 1560. The lowest BCUT2D eigenvalue weighted by molar-refractivity contribution is -0.120. The molecule has 1 amide bonds. The first-order valence-electron chi connectivity index (χ1n) is 12.1. The first-order chi connectivity index (χ1) is 18.6. The molecule has 0 aliphatic carbocycles. The van der Waals surface area contributed by atoms with E-state index in [0.717, 1.165) is 33.5 Å². The SMILES string of the molecule is C[C@@H](Sc1nnc(CNc2cccc3ccccc23)n1-c1ccccc1)C(=O)N/N=C\c1ccc(O)cc1. The van der Waals surface area contributed by atoms with Gasteiger partial charge in [-0.1, -0.05) is 66.4 Å². The lowest BCUT2D eigenvalue weighted by atomic mass is 10.1. The van der Waals surface area contributed by atoms with Crippen LogP contribution in [0.15, 0.2) is 107 Å². The molecule has 1 atom stereocenters. The van der Waals surface area contributed by atoms with Crippen LogP contribution >= 0.6 is 11.8 Å². The lowest BCUT2D eigenvalue weighted by Gasteiger charge is -2.14. The number of aromatic hydroxyl groups is 1. The van der Waals surface area contributed by atoms with Crippen molar-refractivity contribution in [2.75, 3.05) is 5.32 Å². The van der Waals surface area contributed by atoms with Crippen LogP contribution in [0.2, 0.25) is 0 Å². The highest BCUT2D eigenvalue weighted by Crippen LogP contribution is 2.27. The summed E-state index contributed by atoms with van der Waals surface area (Å²) in [7, 11) is 0. The van der Waals surface area contributed by atoms with Gasteiger partial charge in [-0.15, -0.1) is 10.2 Å². The molecule has 3 N–H and O–H groups in total. The van der Waals surface area contributed by atoms with Crippen molar-refractivity contribution in [3.05, 3.63) is 108 Å². The number of phenols is 1. The molecule has 0 unspecified atom stereocenters. The number of nitrogens with zero attached hydrogens (tertiary/aromatic N) is 4. The van der Waals surface area contributed by atoms with Gasteiger partial charge >= 0.3 is 0 Å². The topological polar surface area (TPSA) is 104 Å². The van der Waals surface area contributed by atoms with E-state index in [1.54, 1.807) is 31.2 Å². The zero-order valence-electron chi connectivity index (χ0n) is 20.7. The van der Waals surface area contributed by atoms with E-state index in [-0.39, 0.29) is 11.7 Å². The van der Waals surface area contributed by atoms with E-state index in [9.17, 15) is 9.90 Å². The van der Waals surface area contributed by atoms with Crippen molar-refractivity contribution in [1.29, 1.82) is 0 Å². The lowest BCUT2D eigenvalue weighted by Crippen LogP contribution is -2.27. The number of phenolic OH excluding ortho intramolecular Hbond substituents is 1. The summed E-state index contributed by atoms with van der Waals surface area (Å²) in [6.07, 6.45) is 1.53. The number of anilines is 1. The molecule has 5 rings (SSSR count). The summed E-state index contributed by atoms with van der Waals surface area (Å²) in [5.74, 6) is 0.637. The minimum absolute atomic E-state index is 0.172. The highest BCUT2D eigenvalue weighted by atomic mass is 32.2. The van der Waals surface area contributed by atoms with E-state index in [1.165, 1.54) is 18.0 Å². The number of amides is 1. The Morgan fingerprint density at radius 3 is 2.53 bits per heavy atom. The average molecular weight is 523 g/mol. The van der Waals surface area contributed by atoms with Gasteiger partial charge in [0.05, 0.1) is 18.0 Å². The van der Waals surface area contributed by atoms with Crippen LogP contribution in [0.5, 0.6) is 5.75 Å². The zero-order valence-corrected chi connectivity index (χ0v) is 21.5. The van der Waals surface area contributed by atoms with E-state index >= 15 is 0 Å². The van der Waals surface area contributed by atoms with E-state index in [0.29, 0.717) is 11.7 Å². The van der Waals surface area contributed by atoms with Crippen molar-refractivity contribution < 1.29 is 9.90 Å². The monoisotopic (exact) mass is 522 g/mol. The number of benzene rings is 4. The molecule has 4 aromatic carbocycles. The van der Waals surface area contributed by atoms with Crippen LogP contribution in [0.25, 0.3) is 16.5 Å². The number of hydrogen-bond acceptors (Lipinski definition) is 7. The van der Waals surface area contributed by atoms with E-state index < -0.39 is 5.25 Å². The molecule has 0 fully saturated rings. The van der Waals surface area contributed by atoms with Crippen LogP contribution in [-0.2, 0) is 11.3 Å². The molecular weight excluding hydrogens is 496 g/mol. The van der Waals surface area contributed by atoms with Crippen LogP contribution in [0.1, 0.15) is 18.3 Å². The van der Waals surface area contributed by atoms with Crippen LogP contribution in [0.3, 0.4) is 0 Å². The van der Waals surface area contributed by atoms with E-state index in [1.807, 2.05) is 59.2 Å². The second-order valence-electron chi connectivity index (χ2n) is 8.54. The second-order valence-corrected chi connectivity index (χ2v) is 9.84. The Morgan fingerprint density at radius 1 is 0.974 bits per heavy atom. The number of fused-ring (bicyclic) bond motifs is 1. The molecule has 0 saturated heterocycles. The summed E-state index contributed by atoms with van der Waals surface area (Å²) in [5, 5.41) is 28.2. The molecule has 0 bridgehead atoms. The molecule has 190 valence electrons. The van der Waals surface area contributed by atoms with Gasteiger partial charge in [0.25, 0.3) is 5.91 Å². The van der Waals surface area contributed by atoms with Gasteiger partial charge in [-0.3, -0.25) is 9.36 Å². The summed E-state index contributed by atoms with van der Waals surface area (Å²) in [6.45, 7) is 2.25. The van der Waals surface area contributed by atoms with Crippen molar-refractivity contribution in [2.45, 2.75) is 23.9 Å². The molecule has 1 heterocycles. The second kappa shape index (κ2) is 11.6. The maximum atomic E-state index is 12.7. The van der Waals surface area contributed by atoms with Crippen molar-refractivity contribution >= 4 is 40.3 Å². The fourth-order valence-electron chi connectivity index (χ4n) is 3.91. The summed E-state index contributed by atoms with van der Waals surface area (Å²) in [6, 6.07) is 30.8. The number of thioether (sulfide) groups is 1. The van der Waals surface area contributed by atoms with Crippen molar-refractivity contribution in [2.24, 2.45) is 5.10 Å². The van der Waals surface area contributed by atoms with Crippen molar-refractivity contribution in [1.82, 2.24) is 20.2 Å². The molecule has 0 spiro atoms. The number of aromatic nitrogens is 3.